The highest BCUT2D eigenvalue weighted by Crippen LogP contribution is 2.19. The number of fused-ring (bicyclic) bond motifs is 1. The zero-order chi connectivity index (χ0) is 28.1. The summed E-state index contributed by atoms with van der Waals surface area (Å²) in [5.74, 6) is -2.64. The largest absolute Gasteiger partial charge is 0.480 e. The number of aliphatic imine (C=N–C) groups is 1. The molecule has 11 N–H and O–H groups in total. The Morgan fingerprint density at radius 1 is 1.05 bits per heavy atom. The number of para-hydroxylation sites is 1. The van der Waals surface area contributed by atoms with E-state index in [0.717, 1.165) is 16.5 Å². The third-order valence-electron chi connectivity index (χ3n) is 5.73. The van der Waals surface area contributed by atoms with Gasteiger partial charge in [0.15, 0.2) is 5.96 Å². The van der Waals surface area contributed by atoms with Gasteiger partial charge in [-0.15, -0.1) is 0 Å². The summed E-state index contributed by atoms with van der Waals surface area (Å²) >= 11 is 3.91. The smallest absolute Gasteiger partial charge is 0.327 e. The molecule has 0 spiro atoms. The van der Waals surface area contributed by atoms with Crippen LogP contribution in [0.25, 0.3) is 10.9 Å². The van der Waals surface area contributed by atoms with E-state index in [4.69, 9.17) is 22.3 Å². The SMILES string of the molecule is NC(N)=NCCC[C@H](N)C(=O)N[C@@H](Cc1c[nH]c2ccccc12)C(=O)NCCCC(=O)N[C@H](CS)C(=O)O. The molecule has 3 atom stereocenters. The Morgan fingerprint density at radius 3 is 2.47 bits per heavy atom. The van der Waals surface area contributed by atoms with Crippen molar-refractivity contribution in [2.24, 2.45) is 22.2 Å². The fourth-order valence-electron chi connectivity index (χ4n) is 3.69. The molecule has 2 aromatic rings. The van der Waals surface area contributed by atoms with E-state index in [1.807, 2.05) is 24.3 Å². The highest BCUT2D eigenvalue weighted by Gasteiger charge is 2.25. The van der Waals surface area contributed by atoms with Crippen LogP contribution in [0.1, 0.15) is 31.2 Å². The van der Waals surface area contributed by atoms with Gasteiger partial charge in [-0.2, -0.15) is 12.6 Å². The summed E-state index contributed by atoms with van der Waals surface area (Å²) in [5.41, 5.74) is 18.4. The molecule has 38 heavy (non-hydrogen) atoms. The van der Waals surface area contributed by atoms with Gasteiger partial charge in [-0.05, 0) is 30.9 Å². The normalized spacial score (nSPS) is 13.2. The average molecular weight is 549 g/mol. The monoisotopic (exact) mass is 548 g/mol. The first-order chi connectivity index (χ1) is 18.1. The van der Waals surface area contributed by atoms with Gasteiger partial charge in [-0.1, -0.05) is 18.2 Å². The predicted molar refractivity (Wildman–Crippen MR) is 147 cm³/mol. The fourth-order valence-corrected chi connectivity index (χ4v) is 3.94. The standard InChI is InChI=1S/C24H36N8O5S/c25-16(6-3-10-29-24(26)27)21(34)32-18(11-14-12-30-17-7-2-1-5-15(14)17)22(35)28-9-4-8-20(33)31-19(13-38)23(36)37/h1-2,5,7,12,16,18-19,30,38H,3-4,6,8-11,13,25H2,(H,28,35)(H,31,33)(H,32,34)(H,36,37)(H4,26,27,29)/t16-,18-,19+/m0/s1. The summed E-state index contributed by atoms with van der Waals surface area (Å²) < 4.78 is 0. The number of aromatic amines is 1. The van der Waals surface area contributed by atoms with Crippen LogP contribution < -0.4 is 33.2 Å². The fraction of sp³-hybridized carbons (Fsp3) is 0.458. The van der Waals surface area contributed by atoms with E-state index in [0.29, 0.717) is 19.4 Å². The van der Waals surface area contributed by atoms with Crippen LogP contribution in [-0.4, -0.2) is 76.7 Å². The molecule has 3 amide bonds. The second kappa shape index (κ2) is 15.5. The molecular weight excluding hydrogens is 512 g/mol. The zero-order valence-corrected chi connectivity index (χ0v) is 21.9. The molecule has 0 radical (unpaired) electrons. The number of nitrogens with two attached hydrogens (primary N) is 3. The van der Waals surface area contributed by atoms with Crippen molar-refractivity contribution in [1.82, 2.24) is 20.9 Å². The number of hydrogen-bond acceptors (Lipinski definition) is 7. The van der Waals surface area contributed by atoms with Crippen molar-refractivity contribution in [3.63, 3.8) is 0 Å². The van der Waals surface area contributed by atoms with E-state index < -0.39 is 41.8 Å². The number of aliphatic carboxylic acids is 1. The second-order valence-corrected chi connectivity index (χ2v) is 9.08. The Balaban J connectivity index is 1.98. The third-order valence-corrected chi connectivity index (χ3v) is 6.10. The lowest BCUT2D eigenvalue weighted by Gasteiger charge is -2.21. The molecule has 1 aromatic carbocycles. The number of nitrogens with one attached hydrogen (secondary N) is 4. The lowest BCUT2D eigenvalue weighted by atomic mass is 10.0. The number of carboxylic acid groups (broad SMARTS) is 1. The maximum atomic E-state index is 13.0. The molecule has 1 heterocycles. The van der Waals surface area contributed by atoms with Crippen molar-refractivity contribution in [3.05, 3.63) is 36.0 Å². The molecule has 13 nitrogen and oxygen atoms in total. The van der Waals surface area contributed by atoms with Gasteiger partial charge in [0, 0.05) is 48.8 Å². The van der Waals surface area contributed by atoms with Gasteiger partial charge in [0.25, 0.3) is 0 Å². The maximum absolute atomic E-state index is 13.0. The third kappa shape index (κ3) is 9.94. The van der Waals surface area contributed by atoms with Gasteiger partial charge in [-0.25, -0.2) is 4.79 Å². The summed E-state index contributed by atoms with van der Waals surface area (Å²) in [4.78, 5) is 55.8. The number of hydrogen-bond donors (Lipinski definition) is 9. The van der Waals surface area contributed by atoms with Crippen molar-refractivity contribution in [3.8, 4) is 0 Å². The molecule has 0 aliphatic rings. The lowest BCUT2D eigenvalue weighted by Crippen LogP contribution is -2.52. The number of H-pyrrole nitrogens is 1. The van der Waals surface area contributed by atoms with E-state index in [-0.39, 0.29) is 37.5 Å². The topological polar surface area (TPSA) is 231 Å². The van der Waals surface area contributed by atoms with Gasteiger partial charge in [-0.3, -0.25) is 19.4 Å². The van der Waals surface area contributed by atoms with Crippen LogP contribution >= 0.6 is 12.6 Å². The molecule has 0 unspecified atom stereocenters. The summed E-state index contributed by atoms with van der Waals surface area (Å²) in [7, 11) is 0. The maximum Gasteiger partial charge on any atom is 0.327 e. The Labute approximate surface area is 225 Å². The molecule has 0 saturated carbocycles. The van der Waals surface area contributed by atoms with Gasteiger partial charge in [0.05, 0.1) is 6.04 Å². The molecule has 1 aromatic heterocycles. The molecular formula is C24H36N8O5S. The van der Waals surface area contributed by atoms with Crippen LogP contribution in [0.4, 0.5) is 0 Å². The van der Waals surface area contributed by atoms with Gasteiger partial charge in [0.2, 0.25) is 17.7 Å². The number of amides is 3. The Kier molecular flexibility index (Phi) is 12.4. The summed E-state index contributed by atoms with van der Waals surface area (Å²) in [6.45, 7) is 0.479. The van der Waals surface area contributed by atoms with Crippen LogP contribution in [0.3, 0.4) is 0 Å². The number of carbonyl (C=O) groups excluding carboxylic acids is 3. The van der Waals surface area contributed by atoms with Crippen molar-refractivity contribution in [1.29, 1.82) is 0 Å². The van der Waals surface area contributed by atoms with Gasteiger partial charge >= 0.3 is 5.97 Å². The first-order valence-corrected chi connectivity index (χ1v) is 12.8. The first kappa shape index (κ1) is 30.4. The number of guanidine groups is 1. The number of nitrogens with zero attached hydrogens (tertiary/aromatic N) is 1. The van der Waals surface area contributed by atoms with E-state index in [2.05, 4.69) is 38.6 Å². The number of carboxylic acids is 1. The number of aromatic nitrogens is 1. The number of rotatable bonds is 16. The van der Waals surface area contributed by atoms with E-state index in [1.165, 1.54) is 0 Å². The van der Waals surface area contributed by atoms with E-state index >= 15 is 0 Å². The van der Waals surface area contributed by atoms with Gasteiger partial charge < -0.3 is 43.2 Å². The summed E-state index contributed by atoms with van der Waals surface area (Å²) in [5, 5.41) is 17.8. The highest BCUT2D eigenvalue weighted by molar-refractivity contribution is 7.80. The Hall–Kier alpha value is -3.78. The van der Waals surface area contributed by atoms with Crippen LogP contribution in [0, 0.1) is 0 Å². The molecule has 2 rings (SSSR count). The number of carbonyl (C=O) groups is 4. The van der Waals surface area contributed by atoms with E-state index in [9.17, 15) is 19.2 Å². The molecule has 208 valence electrons. The molecule has 14 heteroatoms. The average Bonchev–Trinajstić information content (AvgIpc) is 3.29. The Morgan fingerprint density at radius 2 is 1.79 bits per heavy atom. The zero-order valence-electron chi connectivity index (χ0n) is 21.0. The minimum Gasteiger partial charge on any atom is -0.480 e. The summed E-state index contributed by atoms with van der Waals surface area (Å²) in [6.07, 6.45) is 3.10. The van der Waals surface area contributed by atoms with Crippen LogP contribution in [0.5, 0.6) is 0 Å². The number of thiol groups is 1. The van der Waals surface area contributed by atoms with Crippen molar-refractivity contribution in [2.45, 2.75) is 50.2 Å². The predicted octanol–water partition coefficient (Wildman–Crippen LogP) is -1.03. The van der Waals surface area contributed by atoms with Gasteiger partial charge in [0.1, 0.15) is 12.1 Å². The van der Waals surface area contributed by atoms with E-state index in [1.54, 1.807) is 6.20 Å². The van der Waals surface area contributed by atoms with Crippen molar-refractivity contribution < 1.29 is 24.3 Å². The number of benzene rings is 1. The molecule has 0 fully saturated rings. The minimum atomic E-state index is -1.17. The summed E-state index contributed by atoms with van der Waals surface area (Å²) in [6, 6.07) is 4.74. The molecule has 0 bridgehead atoms. The van der Waals surface area contributed by atoms with Crippen LogP contribution in [0.15, 0.2) is 35.5 Å². The van der Waals surface area contributed by atoms with Crippen molar-refractivity contribution >= 4 is 53.2 Å². The highest BCUT2D eigenvalue weighted by atomic mass is 32.1. The molecule has 0 aliphatic carbocycles. The Bertz CT molecular complexity index is 1130. The van der Waals surface area contributed by atoms with Crippen LogP contribution in [-0.2, 0) is 25.6 Å². The second-order valence-electron chi connectivity index (χ2n) is 8.72. The lowest BCUT2D eigenvalue weighted by molar-refractivity contribution is -0.141. The first-order valence-electron chi connectivity index (χ1n) is 12.2. The van der Waals surface area contributed by atoms with Crippen molar-refractivity contribution in [2.75, 3.05) is 18.8 Å². The minimum absolute atomic E-state index is 0.0119. The molecule has 0 aliphatic heterocycles. The molecule has 0 saturated heterocycles. The quantitative estimate of drug-likeness (QED) is 0.0543. The van der Waals surface area contributed by atoms with Crippen LogP contribution in [0.2, 0.25) is 0 Å².